The van der Waals surface area contributed by atoms with Crippen LogP contribution in [0.2, 0.25) is 0 Å². The molecule has 0 bridgehead atoms. The third-order valence-electron chi connectivity index (χ3n) is 4.77. The minimum absolute atomic E-state index is 0.0627. The summed E-state index contributed by atoms with van der Waals surface area (Å²) in [5, 5.41) is 11.0. The van der Waals surface area contributed by atoms with E-state index in [4.69, 9.17) is 9.47 Å². The fourth-order valence-electron chi connectivity index (χ4n) is 3.32. The van der Waals surface area contributed by atoms with E-state index in [0.29, 0.717) is 0 Å². The Morgan fingerprint density at radius 1 is 1.00 bits per heavy atom. The number of benzene rings is 2. The average Bonchev–Trinajstić information content (AvgIpc) is 2.67. The summed E-state index contributed by atoms with van der Waals surface area (Å²) in [6.07, 6.45) is -0.534. The second-order valence-electron chi connectivity index (χ2n) is 6.30. The van der Waals surface area contributed by atoms with Crippen LogP contribution in [0.1, 0.15) is 23.1 Å². The predicted octanol–water partition coefficient (Wildman–Crippen LogP) is 1.43. The van der Waals surface area contributed by atoms with Crippen molar-refractivity contribution in [3.8, 4) is 5.75 Å². The largest absolute Gasteiger partial charge is 0.497 e. The number of morpholine rings is 1. The van der Waals surface area contributed by atoms with Gasteiger partial charge in [0.05, 0.1) is 38.9 Å². The zero-order valence-corrected chi connectivity index (χ0v) is 14.2. The van der Waals surface area contributed by atoms with Gasteiger partial charge in [-0.1, -0.05) is 42.5 Å². The molecular formula is C20H26NO3+. The van der Waals surface area contributed by atoms with Gasteiger partial charge >= 0.3 is 0 Å². The lowest BCUT2D eigenvalue weighted by molar-refractivity contribution is -0.909. The monoisotopic (exact) mass is 328 g/mol. The Kier molecular flexibility index (Phi) is 5.86. The molecule has 0 saturated carbocycles. The summed E-state index contributed by atoms with van der Waals surface area (Å²) in [4.78, 5) is 1.49. The van der Waals surface area contributed by atoms with Gasteiger partial charge in [-0.25, -0.2) is 0 Å². The van der Waals surface area contributed by atoms with Crippen LogP contribution < -0.4 is 9.64 Å². The van der Waals surface area contributed by atoms with Gasteiger partial charge in [0.1, 0.15) is 18.8 Å². The molecule has 4 heteroatoms. The van der Waals surface area contributed by atoms with Crippen LogP contribution in [0.25, 0.3) is 0 Å². The second kappa shape index (κ2) is 8.29. The van der Waals surface area contributed by atoms with E-state index in [1.54, 1.807) is 7.11 Å². The molecule has 2 N–H and O–H groups in total. The van der Waals surface area contributed by atoms with E-state index in [1.165, 1.54) is 10.5 Å². The number of rotatable bonds is 6. The molecule has 1 heterocycles. The van der Waals surface area contributed by atoms with Gasteiger partial charge < -0.3 is 19.5 Å². The number of methoxy groups -OCH3 is 1. The maximum atomic E-state index is 11.0. The quantitative estimate of drug-likeness (QED) is 0.843. The predicted molar refractivity (Wildman–Crippen MR) is 93.5 cm³/mol. The number of aliphatic hydroxyl groups is 1. The average molecular weight is 328 g/mol. The molecule has 2 atom stereocenters. The van der Waals surface area contributed by atoms with Crippen molar-refractivity contribution in [3.05, 3.63) is 65.7 Å². The normalized spacial score (nSPS) is 18.1. The lowest BCUT2D eigenvalue weighted by Crippen LogP contribution is -3.14. The number of hydrogen-bond acceptors (Lipinski definition) is 3. The number of quaternary nitrogens is 1. The molecule has 2 aromatic rings. The molecule has 24 heavy (non-hydrogen) atoms. The van der Waals surface area contributed by atoms with Crippen molar-refractivity contribution in [1.82, 2.24) is 0 Å². The highest BCUT2D eigenvalue weighted by Crippen LogP contribution is 2.30. The molecule has 1 saturated heterocycles. The Balaban J connectivity index is 1.82. The second-order valence-corrected chi connectivity index (χ2v) is 6.30. The highest BCUT2D eigenvalue weighted by Gasteiger charge is 2.28. The Bertz CT molecular complexity index is 609. The van der Waals surface area contributed by atoms with E-state index in [2.05, 4.69) is 12.1 Å². The highest BCUT2D eigenvalue weighted by molar-refractivity contribution is 5.31. The first-order valence-electron chi connectivity index (χ1n) is 8.56. The summed E-state index contributed by atoms with van der Waals surface area (Å²) in [5.41, 5.74) is 2.11. The molecule has 1 fully saturated rings. The molecular weight excluding hydrogens is 302 g/mol. The van der Waals surface area contributed by atoms with E-state index >= 15 is 0 Å². The number of nitrogens with one attached hydrogen (secondary N) is 1. The molecule has 0 spiro atoms. The van der Waals surface area contributed by atoms with E-state index < -0.39 is 6.10 Å². The van der Waals surface area contributed by atoms with Gasteiger partial charge in [-0.15, -0.1) is 0 Å². The van der Waals surface area contributed by atoms with E-state index in [-0.39, 0.29) is 5.92 Å². The van der Waals surface area contributed by atoms with Gasteiger partial charge in [-0.05, 0) is 23.3 Å². The van der Waals surface area contributed by atoms with Gasteiger partial charge in [0.15, 0.2) is 0 Å². The molecule has 4 nitrogen and oxygen atoms in total. The van der Waals surface area contributed by atoms with Gasteiger partial charge in [0.25, 0.3) is 0 Å². The smallest absolute Gasteiger partial charge is 0.118 e. The fourth-order valence-corrected chi connectivity index (χ4v) is 3.32. The van der Waals surface area contributed by atoms with Crippen LogP contribution in [-0.2, 0) is 4.74 Å². The van der Waals surface area contributed by atoms with E-state index in [1.807, 2.05) is 42.5 Å². The topological polar surface area (TPSA) is 43.1 Å². The van der Waals surface area contributed by atoms with Gasteiger partial charge in [-0.2, -0.15) is 0 Å². The molecule has 128 valence electrons. The Morgan fingerprint density at radius 2 is 1.67 bits per heavy atom. The molecule has 0 radical (unpaired) electrons. The third-order valence-corrected chi connectivity index (χ3v) is 4.77. The van der Waals surface area contributed by atoms with Crippen molar-refractivity contribution in [1.29, 1.82) is 0 Å². The number of ether oxygens (including phenoxy) is 2. The highest BCUT2D eigenvalue weighted by atomic mass is 16.5. The Hall–Kier alpha value is -1.88. The molecule has 0 amide bonds. The van der Waals surface area contributed by atoms with Gasteiger partial charge in [0, 0.05) is 0 Å². The summed E-state index contributed by atoms with van der Waals surface area (Å²) < 4.78 is 10.7. The summed E-state index contributed by atoms with van der Waals surface area (Å²) >= 11 is 0. The lowest BCUT2D eigenvalue weighted by atomic mass is 9.88. The first-order chi connectivity index (χ1) is 11.8. The molecule has 0 aromatic heterocycles. The van der Waals surface area contributed by atoms with E-state index in [9.17, 15) is 5.11 Å². The number of aliphatic hydroxyl groups excluding tert-OH is 1. The van der Waals surface area contributed by atoms with Gasteiger partial charge in [0.2, 0.25) is 0 Å². The summed E-state index contributed by atoms with van der Waals surface area (Å²) in [6, 6.07) is 18.0. The maximum Gasteiger partial charge on any atom is 0.118 e. The molecule has 0 aliphatic carbocycles. The van der Waals surface area contributed by atoms with Crippen LogP contribution in [0.3, 0.4) is 0 Å². The lowest BCUT2D eigenvalue weighted by Gasteiger charge is -2.30. The molecule has 1 aliphatic heterocycles. The maximum absolute atomic E-state index is 11.0. The number of hydrogen-bond donors (Lipinski definition) is 2. The van der Waals surface area contributed by atoms with Crippen LogP contribution in [0, 0.1) is 0 Å². The molecule has 0 unspecified atom stereocenters. The first-order valence-corrected chi connectivity index (χ1v) is 8.56. The van der Waals surface area contributed by atoms with Gasteiger partial charge in [-0.3, -0.25) is 0 Å². The van der Waals surface area contributed by atoms with Crippen LogP contribution in [0.5, 0.6) is 5.75 Å². The molecule has 2 aromatic carbocycles. The van der Waals surface area contributed by atoms with Crippen molar-refractivity contribution in [2.75, 3.05) is 40.0 Å². The van der Waals surface area contributed by atoms with Crippen LogP contribution in [0.15, 0.2) is 54.6 Å². The summed E-state index contributed by atoms with van der Waals surface area (Å²) in [7, 11) is 1.65. The summed E-state index contributed by atoms with van der Waals surface area (Å²) in [5.74, 6) is 0.869. The third kappa shape index (κ3) is 4.15. The Labute approximate surface area is 143 Å². The summed E-state index contributed by atoms with van der Waals surface area (Å²) in [6.45, 7) is 4.50. The standard InChI is InChI=1S/C20H25NO3/c1-23-18-9-7-17(8-10-18)20(22)19(16-5-3-2-4-6-16)15-21-11-13-24-14-12-21/h2-10,19-20,22H,11-15H2,1H3/p+1/t19-,20-/m0/s1. The van der Waals surface area contributed by atoms with Crippen LogP contribution >= 0.6 is 0 Å². The SMILES string of the molecule is COc1ccc([C@H](O)[C@@H](C[NH+]2CCOCC2)c2ccccc2)cc1. The minimum atomic E-state index is -0.534. The van der Waals surface area contributed by atoms with Crippen molar-refractivity contribution in [2.24, 2.45) is 0 Å². The van der Waals surface area contributed by atoms with Crippen molar-refractivity contribution in [3.63, 3.8) is 0 Å². The van der Waals surface area contributed by atoms with Crippen molar-refractivity contribution in [2.45, 2.75) is 12.0 Å². The first kappa shape index (κ1) is 17.0. The molecule has 3 rings (SSSR count). The fraction of sp³-hybridized carbons (Fsp3) is 0.400. The molecule has 1 aliphatic rings. The minimum Gasteiger partial charge on any atom is -0.497 e. The zero-order chi connectivity index (χ0) is 16.8. The van der Waals surface area contributed by atoms with Crippen molar-refractivity contribution < 1.29 is 19.5 Å². The van der Waals surface area contributed by atoms with Crippen LogP contribution in [-0.4, -0.2) is 45.1 Å². The van der Waals surface area contributed by atoms with E-state index in [0.717, 1.165) is 44.2 Å². The van der Waals surface area contributed by atoms with Crippen LogP contribution in [0.4, 0.5) is 0 Å². The Morgan fingerprint density at radius 3 is 2.29 bits per heavy atom. The van der Waals surface area contributed by atoms with Crippen molar-refractivity contribution >= 4 is 0 Å². The zero-order valence-electron chi connectivity index (χ0n) is 14.2.